The average Bonchev–Trinajstić information content (AvgIpc) is 3.79. The maximum absolute atomic E-state index is 12.5. The van der Waals surface area contributed by atoms with Crippen LogP contribution in [0, 0.1) is 11.8 Å². The highest BCUT2D eigenvalue weighted by Crippen LogP contribution is 2.38. The van der Waals surface area contributed by atoms with Crippen LogP contribution in [0.1, 0.15) is 87.8 Å². The van der Waals surface area contributed by atoms with Crippen LogP contribution in [0.2, 0.25) is 0 Å². The number of anilines is 1. The van der Waals surface area contributed by atoms with Gasteiger partial charge in [0.15, 0.2) is 0 Å². The van der Waals surface area contributed by atoms with Crippen LogP contribution in [0.4, 0.5) is 10.5 Å². The number of aliphatic hydroxyl groups excluding tert-OH is 3. The molecule has 0 spiro atoms. The van der Waals surface area contributed by atoms with E-state index < -0.39 is 36.7 Å². The van der Waals surface area contributed by atoms with Gasteiger partial charge in [-0.1, -0.05) is 66.7 Å². The maximum atomic E-state index is 12.5. The number of unbranched alkanes of at least 4 members (excludes halogenated alkanes) is 1. The van der Waals surface area contributed by atoms with Crippen molar-refractivity contribution in [1.82, 2.24) is 20.4 Å². The maximum Gasteiger partial charge on any atom is 0.410 e. The number of aromatic amines is 1. The van der Waals surface area contributed by atoms with Gasteiger partial charge in [-0.15, -0.1) is 0 Å². The lowest BCUT2D eigenvalue weighted by Gasteiger charge is -2.33. The number of carbonyl (C=O) groups is 2. The first-order chi connectivity index (χ1) is 28.2. The number of aliphatic hydroxyl groups is 3. The molecule has 2 heterocycles. The normalized spacial score (nSPS) is 22.2. The number of likely N-dealkylation sites (tertiary alicyclic amines) is 1. The topological polar surface area (TPSA) is 169 Å². The Morgan fingerprint density at radius 1 is 0.966 bits per heavy atom. The first-order valence-corrected chi connectivity index (χ1v) is 21.1. The number of aryl methyl sites for hydroxylation is 1. The third-order valence-electron chi connectivity index (χ3n) is 11.5. The van der Waals surface area contributed by atoms with Crippen LogP contribution < -0.4 is 10.6 Å². The summed E-state index contributed by atoms with van der Waals surface area (Å²) < 4.78 is 10.6. The predicted molar refractivity (Wildman–Crippen MR) is 225 cm³/mol. The highest BCUT2D eigenvalue weighted by atomic mass is 16.7. The fourth-order valence-corrected chi connectivity index (χ4v) is 8.46. The zero-order valence-electron chi connectivity index (χ0n) is 33.7. The number of fused-ring (bicyclic) bond motifs is 1. The average molecular weight is 796 g/mol. The molecule has 0 bridgehead atoms. The third kappa shape index (κ3) is 13.4. The Hall–Kier alpha value is -4.75. The summed E-state index contributed by atoms with van der Waals surface area (Å²) in [5, 5.41) is 46.5. The van der Waals surface area contributed by atoms with Gasteiger partial charge in [-0.2, -0.15) is 5.10 Å². The molecule has 4 aromatic rings. The molecule has 7 atom stereocenters. The molecule has 1 saturated heterocycles. The highest BCUT2D eigenvalue weighted by Gasteiger charge is 2.40. The van der Waals surface area contributed by atoms with E-state index in [-0.39, 0.29) is 24.8 Å². The van der Waals surface area contributed by atoms with Crippen molar-refractivity contribution in [3.8, 4) is 0 Å². The van der Waals surface area contributed by atoms with Gasteiger partial charge in [0.2, 0.25) is 6.29 Å². The Morgan fingerprint density at radius 2 is 1.78 bits per heavy atom. The largest absolute Gasteiger partial charge is 0.425 e. The molecule has 1 amide bonds. The molecule has 6 N–H and O–H groups in total. The second kappa shape index (κ2) is 21.9. The minimum atomic E-state index is -1.03. The number of allylic oxidation sites excluding steroid dienone is 2. The number of amides is 1. The Kier molecular flexibility index (Phi) is 16.1. The fourth-order valence-electron chi connectivity index (χ4n) is 8.46. The Balaban J connectivity index is 0.829. The van der Waals surface area contributed by atoms with E-state index in [1.54, 1.807) is 0 Å². The van der Waals surface area contributed by atoms with Gasteiger partial charge in [0.1, 0.15) is 0 Å². The van der Waals surface area contributed by atoms with Gasteiger partial charge in [-0.3, -0.25) is 14.8 Å². The van der Waals surface area contributed by atoms with Gasteiger partial charge in [0.05, 0.1) is 30.0 Å². The molecule has 1 aliphatic heterocycles. The van der Waals surface area contributed by atoms with Crippen LogP contribution in [0.25, 0.3) is 10.9 Å². The predicted octanol–water partition coefficient (Wildman–Crippen LogP) is 7.00. The number of piperidine rings is 1. The summed E-state index contributed by atoms with van der Waals surface area (Å²) in [5.74, 6) is -0.588. The van der Waals surface area contributed by atoms with E-state index in [4.69, 9.17) is 9.47 Å². The van der Waals surface area contributed by atoms with Crippen molar-refractivity contribution in [2.45, 2.75) is 121 Å². The van der Waals surface area contributed by atoms with Gasteiger partial charge in [-0.05, 0) is 117 Å². The second-order valence-electron chi connectivity index (χ2n) is 16.1. The number of alkyl carbamates (subject to hydrolysis) is 1. The van der Waals surface area contributed by atoms with Crippen molar-refractivity contribution in [3.63, 3.8) is 0 Å². The first kappa shape index (κ1) is 42.8. The van der Waals surface area contributed by atoms with Crippen LogP contribution in [-0.4, -0.2) is 86.2 Å². The number of aromatic nitrogens is 2. The second-order valence-corrected chi connectivity index (χ2v) is 16.1. The highest BCUT2D eigenvalue weighted by molar-refractivity contribution is 5.81. The summed E-state index contributed by atoms with van der Waals surface area (Å²) in [6.45, 7) is 4.59. The Bertz CT molecular complexity index is 1900. The summed E-state index contributed by atoms with van der Waals surface area (Å²) in [5.41, 5.74) is 5.45. The van der Waals surface area contributed by atoms with E-state index in [2.05, 4.69) is 68.2 Å². The molecule has 1 aliphatic carbocycles. The number of hydrogen-bond donors (Lipinski definition) is 6. The van der Waals surface area contributed by atoms with Gasteiger partial charge in [0, 0.05) is 50.1 Å². The van der Waals surface area contributed by atoms with Crippen molar-refractivity contribution in [3.05, 3.63) is 108 Å². The summed E-state index contributed by atoms with van der Waals surface area (Å²) in [7, 11) is 0. The number of carbonyl (C=O) groups excluding carboxylic acids is 2. The number of nitrogens with zero attached hydrogens (tertiary/aromatic N) is 2. The Morgan fingerprint density at radius 3 is 2.64 bits per heavy atom. The number of H-pyrrole nitrogens is 1. The minimum absolute atomic E-state index is 0.0672. The first-order valence-electron chi connectivity index (χ1n) is 21.1. The van der Waals surface area contributed by atoms with E-state index in [9.17, 15) is 24.9 Å². The molecule has 312 valence electrons. The zero-order valence-corrected chi connectivity index (χ0v) is 33.7. The third-order valence-corrected chi connectivity index (χ3v) is 11.5. The molecule has 2 aliphatic rings. The molecule has 12 heteroatoms. The number of benzene rings is 3. The molecule has 6 rings (SSSR count). The molecule has 58 heavy (non-hydrogen) atoms. The lowest BCUT2D eigenvalue weighted by Crippen LogP contribution is -2.41. The standard InChI is InChI=1S/C46H61N5O7/c1-32(57-45(55)17-8-3-2-7-16-40-41(44(54)27-43(40)53)22-21-39(52)20-18-33-11-5-4-6-12-33)58-46(56)47-28-34-13-9-14-35(25-34)30-51-24-10-15-38(31-51)49-37-19-23-42-36(26-37)29-48-50-42/h2,4-7,9,11-14,19,23,25-26,29,32,38-41,43-44,49,52-54H,3,8,10,15-18,20-22,24,27-28,30-31H2,1H3,(H,47,56)(H,48,50)/t32?,38-,39-,40+,41+,43-,44+/m0/s1. The van der Waals surface area contributed by atoms with E-state index >= 15 is 0 Å². The summed E-state index contributed by atoms with van der Waals surface area (Å²) in [4.78, 5) is 27.4. The van der Waals surface area contributed by atoms with Gasteiger partial charge < -0.3 is 35.4 Å². The number of rotatable bonds is 20. The molecule has 2 fully saturated rings. The van der Waals surface area contributed by atoms with Gasteiger partial charge in [0.25, 0.3) is 0 Å². The SMILES string of the molecule is CC(OC(=O)CCCC=CC[C@@H]1[C@@H](CC[C@@H](O)CCc2ccccc2)[C@H](O)C[C@@H]1O)OC(=O)NCc1cccc(CN2CCC[C@H](Nc3ccc4[nH]ncc4c3)C2)c1. The van der Waals surface area contributed by atoms with Crippen molar-refractivity contribution in [1.29, 1.82) is 0 Å². The smallest absolute Gasteiger partial charge is 0.410 e. The van der Waals surface area contributed by atoms with E-state index in [0.717, 1.165) is 61.1 Å². The molecular weight excluding hydrogens is 735 g/mol. The monoisotopic (exact) mass is 795 g/mol. The fraction of sp³-hybridized carbons (Fsp3) is 0.500. The number of nitrogens with one attached hydrogen (secondary N) is 3. The summed E-state index contributed by atoms with van der Waals surface area (Å²) >= 11 is 0. The van der Waals surface area contributed by atoms with Crippen LogP contribution in [0.15, 0.2) is 91.1 Å². The number of hydrogen-bond acceptors (Lipinski definition) is 10. The summed E-state index contributed by atoms with van der Waals surface area (Å²) in [6, 6.07) is 24.9. The van der Waals surface area contributed by atoms with Crippen LogP contribution >= 0.6 is 0 Å². The van der Waals surface area contributed by atoms with Gasteiger partial charge in [-0.25, -0.2) is 4.79 Å². The van der Waals surface area contributed by atoms with E-state index in [0.29, 0.717) is 51.0 Å². The van der Waals surface area contributed by atoms with Crippen molar-refractivity contribution in [2.75, 3.05) is 18.4 Å². The lowest BCUT2D eigenvalue weighted by molar-refractivity contribution is -0.164. The minimum Gasteiger partial charge on any atom is -0.425 e. The van der Waals surface area contributed by atoms with Crippen molar-refractivity contribution < 1.29 is 34.4 Å². The van der Waals surface area contributed by atoms with E-state index in [1.165, 1.54) is 18.1 Å². The molecule has 3 aromatic carbocycles. The molecule has 1 unspecified atom stereocenters. The van der Waals surface area contributed by atoms with Crippen LogP contribution in [-0.2, 0) is 33.8 Å². The van der Waals surface area contributed by atoms with Crippen LogP contribution in [0.3, 0.4) is 0 Å². The van der Waals surface area contributed by atoms with E-state index in [1.807, 2.05) is 48.7 Å². The molecular formula is C46H61N5O7. The number of ether oxygens (including phenoxy) is 2. The van der Waals surface area contributed by atoms with Crippen molar-refractivity contribution in [2.24, 2.45) is 11.8 Å². The molecule has 1 saturated carbocycles. The number of esters is 1. The molecule has 0 radical (unpaired) electrons. The zero-order chi connectivity index (χ0) is 40.7. The lowest BCUT2D eigenvalue weighted by atomic mass is 9.85. The quantitative estimate of drug-likeness (QED) is 0.0237. The molecule has 1 aromatic heterocycles. The Labute approximate surface area is 342 Å². The molecule has 12 nitrogen and oxygen atoms in total. The van der Waals surface area contributed by atoms with Gasteiger partial charge >= 0.3 is 12.1 Å². The van der Waals surface area contributed by atoms with Crippen LogP contribution in [0.5, 0.6) is 0 Å². The van der Waals surface area contributed by atoms with Crippen molar-refractivity contribution >= 4 is 28.7 Å². The summed E-state index contributed by atoms with van der Waals surface area (Å²) in [6.07, 6.45) is 9.86.